The maximum absolute atomic E-state index is 2.44. The van der Waals surface area contributed by atoms with Gasteiger partial charge in [-0.2, -0.15) is 0 Å². The summed E-state index contributed by atoms with van der Waals surface area (Å²) < 4.78 is 5.11. The molecule has 2 nitrogen and oxygen atoms in total. The molecule has 0 fully saturated rings. The van der Waals surface area contributed by atoms with Crippen molar-refractivity contribution >= 4 is 59.6 Å². The average molecular weight is 583 g/mol. The number of anilines is 3. The summed E-state index contributed by atoms with van der Waals surface area (Å²) >= 11 is 1.90. The molecule has 0 atom stereocenters. The van der Waals surface area contributed by atoms with Crippen molar-refractivity contribution < 1.29 is 0 Å². The van der Waals surface area contributed by atoms with Gasteiger partial charge in [-0.05, 0) is 82.9 Å². The van der Waals surface area contributed by atoms with Crippen molar-refractivity contribution in [1.82, 2.24) is 4.57 Å². The third kappa shape index (κ3) is 3.60. The smallest absolute Gasteiger partial charge is 0.0727 e. The number of rotatable bonds is 3. The van der Waals surface area contributed by atoms with Gasteiger partial charge < -0.3 is 9.47 Å². The van der Waals surface area contributed by atoms with E-state index in [1.165, 1.54) is 76.2 Å². The standard InChI is InChI=1S/C41H30N2S/c1-41(2)33-18-10-11-19-36(33)42(29-13-5-3-6-14-29)37-24-22-28(26-34(37)41)27-21-23-35-32(25-27)40-39(31-17-9-12-20-38(31)44-40)43(35)30-15-7-4-8-16-30/h3-26H,1-2H3. The molecule has 0 unspecified atom stereocenters. The second-order valence-electron chi connectivity index (χ2n) is 12.2. The lowest BCUT2D eigenvalue weighted by Crippen LogP contribution is -2.30. The van der Waals surface area contributed by atoms with E-state index in [1.807, 2.05) is 11.3 Å². The number of thiophene rings is 1. The lowest BCUT2D eigenvalue weighted by molar-refractivity contribution is 0.632. The second-order valence-corrected chi connectivity index (χ2v) is 13.3. The molecule has 1 aliphatic heterocycles. The predicted molar refractivity (Wildman–Crippen MR) is 188 cm³/mol. The van der Waals surface area contributed by atoms with Gasteiger partial charge in [0.15, 0.2) is 0 Å². The van der Waals surface area contributed by atoms with Crippen LogP contribution in [0.25, 0.3) is 48.0 Å². The molecule has 0 saturated carbocycles. The van der Waals surface area contributed by atoms with Crippen LogP contribution in [0.3, 0.4) is 0 Å². The summed E-state index contributed by atoms with van der Waals surface area (Å²) in [5.41, 5.74) is 12.4. The first-order valence-corrected chi connectivity index (χ1v) is 16.0. The number of fused-ring (bicyclic) bond motifs is 7. The number of para-hydroxylation sites is 3. The Labute approximate surface area is 261 Å². The molecule has 0 saturated heterocycles. The lowest BCUT2D eigenvalue weighted by Gasteiger charge is -2.42. The fourth-order valence-electron chi connectivity index (χ4n) is 7.23. The van der Waals surface area contributed by atoms with Crippen LogP contribution in [0.2, 0.25) is 0 Å². The molecule has 1 aliphatic rings. The zero-order chi connectivity index (χ0) is 29.4. The van der Waals surface area contributed by atoms with Crippen LogP contribution in [0.15, 0.2) is 146 Å². The summed E-state index contributed by atoms with van der Waals surface area (Å²) in [6.07, 6.45) is 0. The monoisotopic (exact) mass is 582 g/mol. The highest BCUT2D eigenvalue weighted by molar-refractivity contribution is 7.26. The topological polar surface area (TPSA) is 8.17 Å². The number of aromatic nitrogens is 1. The second kappa shape index (κ2) is 9.44. The quantitative estimate of drug-likeness (QED) is 0.201. The highest BCUT2D eigenvalue weighted by Crippen LogP contribution is 2.52. The summed E-state index contributed by atoms with van der Waals surface area (Å²) in [4.78, 5) is 2.42. The fraction of sp³-hybridized carbons (Fsp3) is 0.0732. The summed E-state index contributed by atoms with van der Waals surface area (Å²) in [6.45, 7) is 4.72. The summed E-state index contributed by atoms with van der Waals surface area (Å²) in [5.74, 6) is 0. The molecule has 0 N–H and O–H groups in total. The minimum atomic E-state index is -0.146. The Morgan fingerprint density at radius 3 is 1.98 bits per heavy atom. The highest BCUT2D eigenvalue weighted by atomic mass is 32.1. The molecule has 0 aliphatic carbocycles. The molecule has 2 aromatic heterocycles. The van der Waals surface area contributed by atoms with Crippen molar-refractivity contribution in [2.24, 2.45) is 0 Å². The van der Waals surface area contributed by atoms with Crippen molar-refractivity contribution in [2.75, 3.05) is 4.90 Å². The number of benzene rings is 6. The molecule has 8 aromatic rings. The average Bonchev–Trinajstić information content (AvgIpc) is 3.60. The maximum atomic E-state index is 2.44. The molecule has 0 bridgehead atoms. The third-order valence-corrected chi connectivity index (χ3v) is 10.6. The molecule has 6 aromatic carbocycles. The fourth-order valence-corrected chi connectivity index (χ4v) is 8.45. The molecule has 210 valence electrons. The van der Waals surface area contributed by atoms with E-state index in [1.54, 1.807) is 0 Å². The van der Waals surface area contributed by atoms with E-state index in [4.69, 9.17) is 0 Å². The van der Waals surface area contributed by atoms with Crippen molar-refractivity contribution in [2.45, 2.75) is 19.3 Å². The number of hydrogen-bond acceptors (Lipinski definition) is 2. The molecular formula is C41H30N2S. The van der Waals surface area contributed by atoms with Crippen LogP contribution in [0, 0.1) is 0 Å². The Kier molecular flexibility index (Phi) is 5.45. The first kappa shape index (κ1) is 25.4. The van der Waals surface area contributed by atoms with Crippen molar-refractivity contribution in [3.05, 3.63) is 157 Å². The Morgan fingerprint density at radius 1 is 0.523 bits per heavy atom. The Bertz CT molecular complexity index is 2360. The Hall–Kier alpha value is -5.12. The lowest BCUT2D eigenvalue weighted by atomic mass is 9.73. The van der Waals surface area contributed by atoms with Gasteiger partial charge in [-0.25, -0.2) is 0 Å². The van der Waals surface area contributed by atoms with E-state index < -0.39 is 0 Å². The van der Waals surface area contributed by atoms with Crippen molar-refractivity contribution in [1.29, 1.82) is 0 Å². The van der Waals surface area contributed by atoms with Crippen LogP contribution in [-0.2, 0) is 5.41 Å². The first-order chi connectivity index (χ1) is 21.6. The third-order valence-electron chi connectivity index (χ3n) is 9.37. The number of nitrogens with zero attached hydrogens (tertiary/aromatic N) is 2. The predicted octanol–water partition coefficient (Wildman–Crippen LogP) is 11.8. The highest BCUT2D eigenvalue weighted by Gasteiger charge is 2.37. The van der Waals surface area contributed by atoms with Crippen LogP contribution < -0.4 is 4.90 Å². The van der Waals surface area contributed by atoms with Gasteiger partial charge in [0.2, 0.25) is 0 Å². The largest absolute Gasteiger partial charge is 0.310 e. The summed E-state index contributed by atoms with van der Waals surface area (Å²) in [7, 11) is 0. The molecule has 0 amide bonds. The summed E-state index contributed by atoms with van der Waals surface area (Å²) in [6, 6.07) is 53.2. The van der Waals surface area contributed by atoms with E-state index in [0.717, 1.165) is 0 Å². The van der Waals surface area contributed by atoms with Gasteiger partial charge >= 0.3 is 0 Å². The van der Waals surface area contributed by atoms with E-state index in [-0.39, 0.29) is 5.41 Å². The van der Waals surface area contributed by atoms with Gasteiger partial charge in [0.05, 0.1) is 27.1 Å². The molecule has 9 rings (SSSR count). The van der Waals surface area contributed by atoms with E-state index >= 15 is 0 Å². The first-order valence-electron chi connectivity index (χ1n) is 15.2. The minimum absolute atomic E-state index is 0.146. The molecule has 0 radical (unpaired) electrons. The number of hydrogen-bond donors (Lipinski definition) is 0. The normalized spacial score (nSPS) is 13.8. The molecule has 3 heterocycles. The van der Waals surface area contributed by atoms with Crippen molar-refractivity contribution in [3.8, 4) is 16.8 Å². The van der Waals surface area contributed by atoms with Crippen LogP contribution in [0.5, 0.6) is 0 Å². The maximum Gasteiger partial charge on any atom is 0.0727 e. The zero-order valence-electron chi connectivity index (χ0n) is 24.7. The zero-order valence-corrected chi connectivity index (χ0v) is 25.5. The van der Waals surface area contributed by atoms with Crippen LogP contribution in [0.1, 0.15) is 25.0 Å². The van der Waals surface area contributed by atoms with Gasteiger partial charge in [0, 0.05) is 32.3 Å². The van der Waals surface area contributed by atoms with Crippen LogP contribution in [-0.4, -0.2) is 4.57 Å². The van der Waals surface area contributed by atoms with Gasteiger partial charge in [-0.15, -0.1) is 11.3 Å². The van der Waals surface area contributed by atoms with E-state index in [9.17, 15) is 0 Å². The molecular weight excluding hydrogens is 553 g/mol. The molecule has 0 spiro atoms. The SMILES string of the molecule is CC1(C)c2ccccc2N(c2ccccc2)c2ccc(-c3ccc4c(c3)c3sc5ccccc5c3n4-c3ccccc3)cc21. The van der Waals surface area contributed by atoms with E-state index in [2.05, 4.69) is 169 Å². The van der Waals surface area contributed by atoms with Crippen LogP contribution in [0.4, 0.5) is 17.1 Å². The van der Waals surface area contributed by atoms with E-state index in [0.29, 0.717) is 0 Å². The minimum Gasteiger partial charge on any atom is -0.310 e. The van der Waals surface area contributed by atoms with Crippen LogP contribution >= 0.6 is 11.3 Å². The molecule has 44 heavy (non-hydrogen) atoms. The Morgan fingerprint density at radius 2 is 1.16 bits per heavy atom. The van der Waals surface area contributed by atoms with Gasteiger partial charge in [-0.1, -0.05) is 98.8 Å². The van der Waals surface area contributed by atoms with Gasteiger partial charge in [0.25, 0.3) is 0 Å². The summed E-state index contributed by atoms with van der Waals surface area (Å²) in [5, 5.41) is 2.61. The Balaban J connectivity index is 1.27. The van der Waals surface area contributed by atoms with Gasteiger partial charge in [-0.3, -0.25) is 0 Å². The van der Waals surface area contributed by atoms with Gasteiger partial charge in [0.1, 0.15) is 0 Å². The van der Waals surface area contributed by atoms with Crippen molar-refractivity contribution in [3.63, 3.8) is 0 Å². The molecule has 3 heteroatoms.